The largest absolute Gasteiger partial charge is 0.339 e. The number of carbonyl (C=O) groups is 2. The van der Waals surface area contributed by atoms with Gasteiger partial charge in [-0.05, 0) is 48.5 Å². The highest BCUT2D eigenvalue weighted by Gasteiger charge is 2.25. The summed E-state index contributed by atoms with van der Waals surface area (Å²) < 4.78 is 2.01. The van der Waals surface area contributed by atoms with Gasteiger partial charge >= 0.3 is 0 Å². The van der Waals surface area contributed by atoms with E-state index in [4.69, 9.17) is 0 Å². The molecule has 5 rings (SSSR count). The van der Waals surface area contributed by atoms with E-state index in [1.54, 1.807) is 12.5 Å². The maximum atomic E-state index is 13.0. The van der Waals surface area contributed by atoms with E-state index in [9.17, 15) is 9.59 Å². The second-order valence-electron chi connectivity index (χ2n) is 7.82. The highest BCUT2D eigenvalue weighted by molar-refractivity contribution is 5.94. The van der Waals surface area contributed by atoms with Gasteiger partial charge in [-0.3, -0.25) is 19.1 Å². The Morgan fingerprint density at radius 1 is 0.781 bits per heavy atom. The predicted octanol–water partition coefficient (Wildman–Crippen LogP) is 2.95. The van der Waals surface area contributed by atoms with Gasteiger partial charge in [-0.1, -0.05) is 18.2 Å². The number of amides is 2. The molecule has 0 aliphatic carbocycles. The van der Waals surface area contributed by atoms with E-state index in [-0.39, 0.29) is 11.8 Å². The van der Waals surface area contributed by atoms with Crippen molar-refractivity contribution in [3.63, 3.8) is 0 Å². The molecule has 0 saturated carbocycles. The normalized spacial score (nSPS) is 14.0. The molecule has 1 fully saturated rings. The van der Waals surface area contributed by atoms with Crippen LogP contribution in [0.15, 0.2) is 79.3 Å². The monoisotopic (exact) mass is 425 g/mol. The Hall–Kier alpha value is -4.00. The quantitative estimate of drug-likeness (QED) is 0.504. The number of para-hydroxylation sites is 2. The lowest BCUT2D eigenvalue weighted by molar-refractivity contribution is -0.132. The van der Waals surface area contributed by atoms with Crippen LogP contribution in [0.5, 0.6) is 0 Å². The van der Waals surface area contributed by atoms with Gasteiger partial charge in [0.2, 0.25) is 5.91 Å². The maximum Gasteiger partial charge on any atom is 0.253 e. The third-order valence-electron chi connectivity index (χ3n) is 5.82. The van der Waals surface area contributed by atoms with Crippen LogP contribution < -0.4 is 0 Å². The molecule has 1 saturated heterocycles. The Morgan fingerprint density at radius 2 is 1.50 bits per heavy atom. The zero-order valence-corrected chi connectivity index (χ0v) is 17.6. The van der Waals surface area contributed by atoms with E-state index < -0.39 is 0 Å². The summed E-state index contributed by atoms with van der Waals surface area (Å²) in [5, 5.41) is 0. The summed E-state index contributed by atoms with van der Waals surface area (Å²) in [6, 6.07) is 21.1. The van der Waals surface area contributed by atoms with Gasteiger partial charge in [0.25, 0.3) is 5.91 Å². The fraction of sp³-hybridized carbons (Fsp3) is 0.200. The SMILES string of the molecule is O=C(Cc1ccccn1)N1CCN(C(=O)c2ccc(-n3cnc4ccccc43)cc2)CC1. The van der Waals surface area contributed by atoms with Crippen molar-refractivity contribution in [1.82, 2.24) is 24.3 Å². The molecular formula is C25H23N5O2. The van der Waals surface area contributed by atoms with E-state index in [2.05, 4.69) is 9.97 Å². The fourth-order valence-corrected chi connectivity index (χ4v) is 4.04. The van der Waals surface area contributed by atoms with Crippen LogP contribution in [0.4, 0.5) is 0 Å². The van der Waals surface area contributed by atoms with Crippen molar-refractivity contribution < 1.29 is 9.59 Å². The molecule has 2 amide bonds. The molecule has 0 unspecified atom stereocenters. The van der Waals surface area contributed by atoms with E-state index in [1.165, 1.54) is 0 Å². The first-order chi connectivity index (χ1) is 15.7. The fourth-order valence-electron chi connectivity index (χ4n) is 4.04. The Morgan fingerprint density at radius 3 is 2.25 bits per heavy atom. The van der Waals surface area contributed by atoms with Crippen LogP contribution in [-0.2, 0) is 11.2 Å². The summed E-state index contributed by atoms with van der Waals surface area (Å²) in [5.41, 5.74) is 4.33. The number of benzene rings is 2. The average molecular weight is 425 g/mol. The maximum absolute atomic E-state index is 13.0. The van der Waals surface area contributed by atoms with Crippen LogP contribution in [-0.4, -0.2) is 62.3 Å². The smallest absolute Gasteiger partial charge is 0.253 e. The third-order valence-corrected chi connectivity index (χ3v) is 5.82. The van der Waals surface area contributed by atoms with Gasteiger partial charge in [0, 0.05) is 49.3 Å². The molecule has 7 nitrogen and oxygen atoms in total. The first-order valence-corrected chi connectivity index (χ1v) is 10.7. The first kappa shape index (κ1) is 19.9. The van der Waals surface area contributed by atoms with Crippen LogP contribution in [0.3, 0.4) is 0 Å². The number of hydrogen-bond donors (Lipinski definition) is 0. The number of pyridine rings is 1. The summed E-state index contributed by atoms with van der Waals surface area (Å²) in [6.07, 6.45) is 3.78. The minimum Gasteiger partial charge on any atom is -0.339 e. The number of aromatic nitrogens is 3. The summed E-state index contributed by atoms with van der Waals surface area (Å²) in [5.74, 6) is 0.0385. The standard InChI is InChI=1S/C25H23N5O2/c31-24(17-20-5-3-4-12-26-20)28-13-15-29(16-14-28)25(32)19-8-10-21(11-9-19)30-18-27-22-6-1-2-7-23(22)30/h1-12,18H,13-17H2. The number of piperazine rings is 1. The number of fused-ring (bicyclic) bond motifs is 1. The van der Waals surface area contributed by atoms with E-state index in [1.807, 2.05) is 81.1 Å². The molecule has 7 heteroatoms. The van der Waals surface area contributed by atoms with Gasteiger partial charge in [0.1, 0.15) is 6.33 Å². The molecule has 3 heterocycles. The molecule has 160 valence electrons. The number of carbonyl (C=O) groups excluding carboxylic acids is 2. The molecule has 2 aromatic heterocycles. The second-order valence-corrected chi connectivity index (χ2v) is 7.82. The zero-order valence-electron chi connectivity index (χ0n) is 17.6. The van der Waals surface area contributed by atoms with Crippen molar-refractivity contribution in [3.8, 4) is 5.69 Å². The van der Waals surface area contributed by atoms with E-state index >= 15 is 0 Å². The summed E-state index contributed by atoms with van der Waals surface area (Å²) >= 11 is 0. The number of nitrogens with zero attached hydrogens (tertiary/aromatic N) is 5. The Bertz CT molecular complexity index is 1240. The Balaban J connectivity index is 1.21. The van der Waals surface area contributed by atoms with Crippen LogP contribution in [0.1, 0.15) is 16.1 Å². The van der Waals surface area contributed by atoms with Crippen LogP contribution >= 0.6 is 0 Å². The molecule has 1 aliphatic heterocycles. The van der Waals surface area contributed by atoms with Crippen molar-refractivity contribution in [3.05, 3.63) is 90.5 Å². The van der Waals surface area contributed by atoms with Gasteiger partial charge in [0.15, 0.2) is 0 Å². The van der Waals surface area contributed by atoms with Gasteiger partial charge in [0.05, 0.1) is 17.5 Å². The van der Waals surface area contributed by atoms with Crippen molar-refractivity contribution in [1.29, 1.82) is 0 Å². The Labute approximate surface area is 185 Å². The zero-order chi connectivity index (χ0) is 21.9. The lowest BCUT2D eigenvalue weighted by atomic mass is 10.1. The number of imidazole rings is 1. The molecule has 0 N–H and O–H groups in total. The number of hydrogen-bond acceptors (Lipinski definition) is 4. The van der Waals surface area contributed by atoms with Gasteiger partial charge in [-0.25, -0.2) is 4.98 Å². The minimum atomic E-state index is -0.0103. The highest BCUT2D eigenvalue weighted by Crippen LogP contribution is 2.19. The topological polar surface area (TPSA) is 71.3 Å². The molecule has 0 spiro atoms. The van der Waals surface area contributed by atoms with Crippen molar-refractivity contribution in [2.75, 3.05) is 26.2 Å². The lowest BCUT2D eigenvalue weighted by Crippen LogP contribution is -2.51. The molecule has 2 aromatic carbocycles. The van der Waals surface area contributed by atoms with Crippen molar-refractivity contribution in [2.45, 2.75) is 6.42 Å². The van der Waals surface area contributed by atoms with Gasteiger partial charge < -0.3 is 9.80 Å². The summed E-state index contributed by atoms with van der Waals surface area (Å²) in [7, 11) is 0. The highest BCUT2D eigenvalue weighted by atomic mass is 16.2. The van der Waals surface area contributed by atoms with Gasteiger partial charge in [-0.15, -0.1) is 0 Å². The second kappa shape index (κ2) is 8.63. The molecule has 0 radical (unpaired) electrons. The van der Waals surface area contributed by atoms with E-state index in [0.717, 1.165) is 22.4 Å². The summed E-state index contributed by atoms with van der Waals surface area (Å²) in [4.78, 5) is 37.8. The molecule has 4 aromatic rings. The number of rotatable bonds is 4. The molecular weight excluding hydrogens is 402 g/mol. The predicted molar refractivity (Wildman–Crippen MR) is 121 cm³/mol. The Kier molecular flexibility index (Phi) is 5.37. The van der Waals surface area contributed by atoms with Crippen LogP contribution in [0.2, 0.25) is 0 Å². The molecule has 0 atom stereocenters. The molecule has 32 heavy (non-hydrogen) atoms. The average Bonchev–Trinajstić information content (AvgIpc) is 3.29. The summed E-state index contributed by atoms with van der Waals surface area (Å²) in [6.45, 7) is 2.13. The lowest BCUT2D eigenvalue weighted by Gasteiger charge is -2.34. The molecule has 0 bridgehead atoms. The van der Waals surface area contributed by atoms with E-state index in [0.29, 0.717) is 38.2 Å². The van der Waals surface area contributed by atoms with Crippen molar-refractivity contribution >= 4 is 22.8 Å². The van der Waals surface area contributed by atoms with Crippen molar-refractivity contribution in [2.24, 2.45) is 0 Å². The third kappa shape index (κ3) is 3.97. The first-order valence-electron chi connectivity index (χ1n) is 10.7. The van der Waals surface area contributed by atoms with Crippen LogP contribution in [0, 0.1) is 0 Å². The minimum absolute atomic E-state index is 0.0103. The van der Waals surface area contributed by atoms with Crippen LogP contribution in [0.25, 0.3) is 16.7 Å². The molecule has 1 aliphatic rings. The van der Waals surface area contributed by atoms with Gasteiger partial charge in [-0.2, -0.15) is 0 Å².